The van der Waals surface area contributed by atoms with Gasteiger partial charge < -0.3 is 15.0 Å². The van der Waals surface area contributed by atoms with E-state index in [1.165, 1.54) is 31.2 Å². The van der Waals surface area contributed by atoms with E-state index < -0.39 is 0 Å². The van der Waals surface area contributed by atoms with Gasteiger partial charge in [-0.3, -0.25) is 4.79 Å². The van der Waals surface area contributed by atoms with Gasteiger partial charge in [0.15, 0.2) is 5.65 Å². The van der Waals surface area contributed by atoms with Gasteiger partial charge in [0.25, 0.3) is 5.91 Å². The van der Waals surface area contributed by atoms with E-state index in [1.54, 1.807) is 0 Å². The van der Waals surface area contributed by atoms with E-state index in [4.69, 9.17) is 9.72 Å². The minimum absolute atomic E-state index is 0.0448. The molecule has 0 unspecified atom stereocenters. The Morgan fingerprint density at radius 1 is 1.17 bits per heavy atom. The molecule has 1 aliphatic heterocycles. The molecule has 2 aliphatic rings. The molecule has 1 amide bonds. The maximum atomic E-state index is 13.4. The Balaban J connectivity index is 1.43. The molecule has 3 aromatic rings. The second-order valence-electron chi connectivity index (χ2n) is 10.6. The molecule has 2 fully saturated rings. The van der Waals surface area contributed by atoms with Gasteiger partial charge in [0, 0.05) is 38.4 Å². The number of unbranched alkanes of at least 4 members (excludes halogenated alkanes) is 1. The van der Waals surface area contributed by atoms with E-state index in [1.807, 2.05) is 16.9 Å². The van der Waals surface area contributed by atoms with Crippen molar-refractivity contribution >= 4 is 16.9 Å². The Morgan fingerprint density at radius 2 is 2.00 bits per heavy atom. The van der Waals surface area contributed by atoms with Crippen LogP contribution in [-0.4, -0.2) is 58.9 Å². The topological polar surface area (TPSA) is 72.3 Å². The fraction of sp³-hybridized carbons (Fsp3) is 0.552. The van der Waals surface area contributed by atoms with Crippen molar-refractivity contribution in [1.82, 2.24) is 25.0 Å². The highest BCUT2D eigenvalue weighted by Crippen LogP contribution is 2.32. The van der Waals surface area contributed by atoms with E-state index in [0.29, 0.717) is 23.9 Å². The third kappa shape index (κ3) is 6.13. The van der Waals surface area contributed by atoms with Crippen molar-refractivity contribution in [3.8, 4) is 11.3 Å². The van der Waals surface area contributed by atoms with Gasteiger partial charge in [-0.05, 0) is 75.2 Å². The van der Waals surface area contributed by atoms with Crippen LogP contribution in [0.4, 0.5) is 0 Å². The standard InChI is InChI=1S/C29H39N5O2/c1-3-4-12-33(2)19-23-6-5-7-24(15-23)27-16-25(29(35)30-17-21-10-13-36-14-11-21)26-18-31-34(28(26)32-27)20-22-8-9-22/h5-7,15-16,18,21-22H,3-4,8-14,17,19-20H2,1-2H3,(H,30,35). The highest BCUT2D eigenvalue weighted by atomic mass is 16.5. The molecular formula is C29H39N5O2. The molecule has 1 N–H and O–H groups in total. The fourth-order valence-corrected chi connectivity index (χ4v) is 4.99. The molecule has 192 valence electrons. The number of fused-ring (bicyclic) bond motifs is 1. The van der Waals surface area contributed by atoms with Crippen LogP contribution in [0.15, 0.2) is 36.5 Å². The lowest BCUT2D eigenvalue weighted by Crippen LogP contribution is -2.32. The minimum atomic E-state index is -0.0448. The van der Waals surface area contributed by atoms with Crippen LogP contribution in [0.5, 0.6) is 0 Å². The van der Waals surface area contributed by atoms with Crippen LogP contribution < -0.4 is 5.32 Å². The Kier molecular flexibility index (Phi) is 7.97. The summed E-state index contributed by atoms with van der Waals surface area (Å²) in [6.07, 6.45) is 8.69. The first-order valence-electron chi connectivity index (χ1n) is 13.6. The number of aromatic nitrogens is 3. The summed E-state index contributed by atoms with van der Waals surface area (Å²) in [5, 5.41) is 8.67. The van der Waals surface area contributed by atoms with Crippen LogP contribution in [-0.2, 0) is 17.8 Å². The first kappa shape index (κ1) is 24.9. The van der Waals surface area contributed by atoms with E-state index in [-0.39, 0.29) is 5.91 Å². The van der Waals surface area contributed by atoms with Crippen LogP contribution >= 0.6 is 0 Å². The van der Waals surface area contributed by atoms with Crippen LogP contribution in [0.1, 0.15) is 61.4 Å². The lowest BCUT2D eigenvalue weighted by molar-refractivity contribution is 0.0643. The summed E-state index contributed by atoms with van der Waals surface area (Å²) in [6, 6.07) is 10.5. The van der Waals surface area contributed by atoms with E-state index in [2.05, 4.69) is 53.6 Å². The van der Waals surface area contributed by atoms with Gasteiger partial charge in [0.2, 0.25) is 0 Å². The molecule has 2 aromatic heterocycles. The zero-order valence-corrected chi connectivity index (χ0v) is 21.7. The number of amides is 1. The summed E-state index contributed by atoms with van der Waals surface area (Å²) < 4.78 is 7.46. The minimum Gasteiger partial charge on any atom is -0.381 e. The molecule has 7 nitrogen and oxygen atoms in total. The highest BCUT2D eigenvalue weighted by Gasteiger charge is 2.25. The predicted octanol–water partition coefficient (Wildman–Crippen LogP) is 4.90. The summed E-state index contributed by atoms with van der Waals surface area (Å²) in [4.78, 5) is 20.8. The molecule has 5 rings (SSSR count). The number of nitrogens with zero attached hydrogens (tertiary/aromatic N) is 4. The van der Waals surface area contributed by atoms with Crippen molar-refractivity contribution in [3.05, 3.63) is 47.7 Å². The number of pyridine rings is 1. The van der Waals surface area contributed by atoms with E-state index >= 15 is 0 Å². The normalized spacial score (nSPS) is 16.6. The maximum absolute atomic E-state index is 13.4. The molecule has 1 aliphatic carbocycles. The molecule has 0 atom stereocenters. The van der Waals surface area contributed by atoms with E-state index in [0.717, 1.165) is 68.0 Å². The number of hydrogen-bond acceptors (Lipinski definition) is 5. The molecule has 1 aromatic carbocycles. The van der Waals surface area contributed by atoms with Crippen LogP contribution in [0, 0.1) is 11.8 Å². The second-order valence-corrected chi connectivity index (χ2v) is 10.6. The van der Waals surface area contributed by atoms with Gasteiger partial charge >= 0.3 is 0 Å². The number of benzene rings is 1. The summed E-state index contributed by atoms with van der Waals surface area (Å²) in [6.45, 7) is 7.31. The number of carbonyl (C=O) groups is 1. The van der Waals surface area contributed by atoms with Crippen LogP contribution in [0.2, 0.25) is 0 Å². The van der Waals surface area contributed by atoms with Gasteiger partial charge in [-0.1, -0.05) is 31.5 Å². The fourth-order valence-electron chi connectivity index (χ4n) is 4.99. The molecule has 36 heavy (non-hydrogen) atoms. The lowest BCUT2D eigenvalue weighted by atomic mass is 10.00. The lowest BCUT2D eigenvalue weighted by Gasteiger charge is -2.22. The quantitative estimate of drug-likeness (QED) is 0.415. The Hall–Kier alpha value is -2.77. The van der Waals surface area contributed by atoms with Crippen molar-refractivity contribution < 1.29 is 9.53 Å². The smallest absolute Gasteiger partial charge is 0.252 e. The van der Waals surface area contributed by atoms with Crippen molar-refractivity contribution in [2.24, 2.45) is 11.8 Å². The number of carbonyl (C=O) groups excluding carboxylic acids is 1. The average molecular weight is 490 g/mol. The van der Waals surface area contributed by atoms with Crippen molar-refractivity contribution in [2.75, 3.05) is 33.4 Å². The summed E-state index contributed by atoms with van der Waals surface area (Å²) in [5.74, 6) is 1.10. The molecule has 1 saturated carbocycles. The van der Waals surface area contributed by atoms with Crippen molar-refractivity contribution in [2.45, 2.75) is 58.5 Å². The third-order valence-corrected chi connectivity index (χ3v) is 7.44. The van der Waals surface area contributed by atoms with Gasteiger partial charge in [-0.15, -0.1) is 0 Å². The Bertz CT molecular complexity index is 1180. The number of hydrogen-bond donors (Lipinski definition) is 1. The van der Waals surface area contributed by atoms with Gasteiger partial charge in [-0.25, -0.2) is 9.67 Å². The highest BCUT2D eigenvalue weighted by molar-refractivity contribution is 6.06. The number of nitrogens with one attached hydrogen (secondary N) is 1. The first-order valence-corrected chi connectivity index (χ1v) is 13.6. The molecule has 1 saturated heterocycles. The maximum Gasteiger partial charge on any atom is 0.252 e. The Labute approximate surface area is 214 Å². The summed E-state index contributed by atoms with van der Waals surface area (Å²) in [5.41, 5.74) is 4.59. The zero-order valence-electron chi connectivity index (χ0n) is 21.7. The van der Waals surface area contributed by atoms with Crippen molar-refractivity contribution in [1.29, 1.82) is 0 Å². The first-order chi connectivity index (χ1) is 17.6. The van der Waals surface area contributed by atoms with Gasteiger partial charge in [0.05, 0.1) is 22.8 Å². The molecule has 7 heteroatoms. The van der Waals surface area contributed by atoms with E-state index in [9.17, 15) is 4.79 Å². The third-order valence-electron chi connectivity index (χ3n) is 7.44. The van der Waals surface area contributed by atoms with Crippen molar-refractivity contribution in [3.63, 3.8) is 0 Å². The predicted molar refractivity (Wildman–Crippen MR) is 143 cm³/mol. The molecule has 0 radical (unpaired) electrons. The molecule has 0 bridgehead atoms. The molecule has 3 heterocycles. The molecular weight excluding hydrogens is 450 g/mol. The molecule has 0 spiro atoms. The number of ether oxygens (including phenoxy) is 1. The Morgan fingerprint density at radius 3 is 2.78 bits per heavy atom. The van der Waals surface area contributed by atoms with Crippen LogP contribution in [0.3, 0.4) is 0 Å². The van der Waals surface area contributed by atoms with Crippen LogP contribution in [0.25, 0.3) is 22.3 Å². The van der Waals surface area contributed by atoms with Gasteiger partial charge in [-0.2, -0.15) is 5.10 Å². The zero-order chi connectivity index (χ0) is 24.9. The monoisotopic (exact) mass is 489 g/mol. The summed E-state index contributed by atoms with van der Waals surface area (Å²) >= 11 is 0. The average Bonchev–Trinajstić information content (AvgIpc) is 3.64. The summed E-state index contributed by atoms with van der Waals surface area (Å²) in [7, 11) is 2.17. The largest absolute Gasteiger partial charge is 0.381 e. The van der Waals surface area contributed by atoms with Gasteiger partial charge in [0.1, 0.15) is 0 Å². The SMILES string of the molecule is CCCCN(C)Cc1cccc(-c2cc(C(=O)NCC3CCOCC3)c3cnn(CC4CC4)c3n2)c1. The second kappa shape index (κ2) is 11.5. The number of rotatable bonds is 11.